The van der Waals surface area contributed by atoms with Crippen molar-refractivity contribution in [2.24, 2.45) is 5.73 Å². The quantitative estimate of drug-likeness (QED) is 0.0885. The number of amides is 1. The van der Waals surface area contributed by atoms with Crippen molar-refractivity contribution in [3.05, 3.63) is 89.5 Å². The van der Waals surface area contributed by atoms with Crippen LogP contribution in [0.25, 0.3) is 0 Å². The normalized spacial score (nSPS) is 15.0. The van der Waals surface area contributed by atoms with Gasteiger partial charge < -0.3 is 25.6 Å². The molecule has 0 bridgehead atoms. The third-order valence-corrected chi connectivity index (χ3v) is 8.02. The number of sulfonamides is 1. The van der Waals surface area contributed by atoms with Gasteiger partial charge in [0.2, 0.25) is 15.9 Å². The molecule has 1 amide bonds. The van der Waals surface area contributed by atoms with Crippen molar-refractivity contribution in [1.29, 1.82) is 5.41 Å². The minimum Gasteiger partial charge on any atom is -0.508 e. The van der Waals surface area contributed by atoms with Crippen LogP contribution < -0.4 is 20.5 Å². The second-order valence-corrected chi connectivity index (χ2v) is 11.2. The first-order valence-corrected chi connectivity index (χ1v) is 14.5. The lowest BCUT2D eigenvalue weighted by Gasteiger charge is -2.21. The summed E-state index contributed by atoms with van der Waals surface area (Å²) in [6, 6.07) is 17.7. The smallest absolute Gasteiger partial charge is 0.326 e. The van der Waals surface area contributed by atoms with Crippen LogP contribution in [-0.2, 0) is 30.8 Å². The van der Waals surface area contributed by atoms with Gasteiger partial charge >= 0.3 is 5.97 Å². The number of amidine groups is 1. The molecule has 1 aliphatic rings. The molecule has 11 nitrogen and oxygen atoms in total. The van der Waals surface area contributed by atoms with E-state index in [1.165, 1.54) is 18.2 Å². The number of aryl methyl sites for hydroxylation is 1. The number of benzene rings is 3. The molecule has 0 saturated heterocycles. The van der Waals surface area contributed by atoms with Crippen LogP contribution >= 0.6 is 0 Å². The summed E-state index contributed by atoms with van der Waals surface area (Å²) in [7, 11) is -4.09. The first kappa shape index (κ1) is 29.6. The van der Waals surface area contributed by atoms with Crippen LogP contribution in [0.15, 0.2) is 77.7 Å². The van der Waals surface area contributed by atoms with Crippen molar-refractivity contribution in [2.45, 2.75) is 42.7 Å². The van der Waals surface area contributed by atoms with Gasteiger partial charge in [0.1, 0.15) is 29.5 Å². The van der Waals surface area contributed by atoms with E-state index in [1.54, 1.807) is 54.6 Å². The summed E-state index contributed by atoms with van der Waals surface area (Å²) in [6.07, 6.45) is 0.947. The summed E-state index contributed by atoms with van der Waals surface area (Å²) >= 11 is 0. The Morgan fingerprint density at radius 2 is 1.80 bits per heavy atom. The fourth-order valence-corrected chi connectivity index (χ4v) is 5.60. The standard InChI is InChI=1S/C29H32N4O7S/c30-28(31)19-8-12-22(13-9-19)39-16-4-7-27(35)32-18-25(33-41(37,38)23-5-2-1-3-6-23)29(36)40-26-15-10-20-17-21(34)11-14-24(20)26/h1-3,5-6,8-9,11-14,17,25-26,33-34H,4,7,10,15-16,18H2,(H3,30,31)(H,32,35)/t25-,26?/m0/s1. The molecule has 6 N–H and O–H groups in total. The molecule has 0 aromatic heterocycles. The molecule has 2 atom stereocenters. The van der Waals surface area contributed by atoms with Crippen LogP contribution in [0.5, 0.6) is 11.5 Å². The van der Waals surface area contributed by atoms with Gasteiger partial charge in [-0.05, 0) is 78.9 Å². The maximum atomic E-state index is 13.2. The number of carbonyl (C=O) groups is 2. The topological polar surface area (TPSA) is 181 Å². The molecule has 1 unspecified atom stereocenters. The SMILES string of the molecule is N=C(N)c1ccc(OCCCC(=O)NC[C@H](NS(=O)(=O)c2ccccc2)C(=O)OC2CCc3cc(O)ccc32)cc1. The summed E-state index contributed by atoms with van der Waals surface area (Å²) < 4.78 is 39.6. The number of phenols is 1. The van der Waals surface area contributed by atoms with E-state index in [9.17, 15) is 23.1 Å². The van der Waals surface area contributed by atoms with Crippen molar-refractivity contribution in [1.82, 2.24) is 10.0 Å². The fourth-order valence-electron chi connectivity index (χ4n) is 4.40. The third-order valence-electron chi connectivity index (χ3n) is 6.53. The Balaban J connectivity index is 1.34. The highest BCUT2D eigenvalue weighted by atomic mass is 32.2. The zero-order valence-corrected chi connectivity index (χ0v) is 23.0. The van der Waals surface area contributed by atoms with E-state index in [0.717, 1.165) is 11.1 Å². The van der Waals surface area contributed by atoms with Crippen LogP contribution in [0.4, 0.5) is 0 Å². The number of aromatic hydroxyl groups is 1. The van der Waals surface area contributed by atoms with Crippen LogP contribution in [0.2, 0.25) is 0 Å². The molecule has 1 aliphatic carbocycles. The van der Waals surface area contributed by atoms with Crippen molar-refractivity contribution in [3.8, 4) is 11.5 Å². The molecular formula is C29H32N4O7S. The van der Waals surface area contributed by atoms with Gasteiger partial charge in [0.15, 0.2) is 0 Å². The van der Waals surface area contributed by atoms with Gasteiger partial charge in [0, 0.05) is 18.5 Å². The maximum Gasteiger partial charge on any atom is 0.326 e. The second-order valence-electron chi connectivity index (χ2n) is 9.53. The Morgan fingerprint density at radius 3 is 2.51 bits per heavy atom. The lowest BCUT2D eigenvalue weighted by Crippen LogP contribution is -2.49. The molecule has 216 valence electrons. The number of fused-ring (bicyclic) bond motifs is 1. The number of esters is 1. The average Bonchev–Trinajstić information content (AvgIpc) is 3.35. The van der Waals surface area contributed by atoms with Crippen molar-refractivity contribution < 1.29 is 32.6 Å². The minimum absolute atomic E-state index is 0.0284. The number of hydrogen-bond acceptors (Lipinski definition) is 8. The van der Waals surface area contributed by atoms with Gasteiger partial charge in [-0.15, -0.1) is 0 Å². The van der Waals surface area contributed by atoms with Crippen LogP contribution in [0, 0.1) is 5.41 Å². The van der Waals surface area contributed by atoms with E-state index in [1.807, 2.05) is 0 Å². The molecule has 12 heteroatoms. The van der Waals surface area contributed by atoms with Gasteiger partial charge in [-0.3, -0.25) is 15.0 Å². The molecule has 0 fully saturated rings. The number of carbonyl (C=O) groups excluding carboxylic acids is 2. The van der Waals surface area contributed by atoms with E-state index in [4.69, 9.17) is 20.6 Å². The Bertz CT molecular complexity index is 1500. The Hall–Kier alpha value is -4.42. The van der Waals surface area contributed by atoms with Gasteiger partial charge in [0.25, 0.3) is 0 Å². The summed E-state index contributed by atoms with van der Waals surface area (Å²) in [6.45, 7) is -0.0676. The van der Waals surface area contributed by atoms with E-state index in [0.29, 0.717) is 30.6 Å². The number of ether oxygens (including phenoxy) is 2. The van der Waals surface area contributed by atoms with Gasteiger partial charge in [-0.1, -0.05) is 24.3 Å². The highest BCUT2D eigenvalue weighted by Gasteiger charge is 2.32. The fraction of sp³-hybridized carbons (Fsp3) is 0.276. The zero-order valence-electron chi connectivity index (χ0n) is 22.2. The van der Waals surface area contributed by atoms with Gasteiger partial charge in [-0.2, -0.15) is 4.72 Å². The molecule has 0 radical (unpaired) electrons. The predicted octanol–water partition coefficient (Wildman–Crippen LogP) is 2.53. The minimum atomic E-state index is -4.09. The summed E-state index contributed by atoms with van der Waals surface area (Å²) in [5, 5.41) is 19.8. The van der Waals surface area contributed by atoms with Crippen molar-refractivity contribution in [3.63, 3.8) is 0 Å². The molecule has 0 saturated carbocycles. The summed E-state index contributed by atoms with van der Waals surface area (Å²) in [4.78, 5) is 25.7. The summed E-state index contributed by atoms with van der Waals surface area (Å²) in [5.74, 6) is -0.581. The molecule has 0 aliphatic heterocycles. The molecule has 0 heterocycles. The number of nitrogens with two attached hydrogens (primary N) is 1. The average molecular weight is 581 g/mol. The first-order chi connectivity index (χ1) is 19.6. The van der Waals surface area contributed by atoms with Crippen LogP contribution in [-0.4, -0.2) is 50.4 Å². The van der Waals surface area contributed by atoms with E-state index >= 15 is 0 Å². The number of nitrogens with one attached hydrogen (secondary N) is 3. The highest BCUT2D eigenvalue weighted by Crippen LogP contribution is 2.36. The molecule has 0 spiro atoms. The van der Waals surface area contributed by atoms with E-state index in [2.05, 4.69) is 10.0 Å². The molecule has 3 aromatic carbocycles. The van der Waals surface area contributed by atoms with Crippen LogP contribution in [0.1, 0.15) is 42.1 Å². The highest BCUT2D eigenvalue weighted by molar-refractivity contribution is 7.89. The zero-order chi connectivity index (χ0) is 29.4. The largest absolute Gasteiger partial charge is 0.508 e. The number of phenolic OH excluding ortho intramolecular Hbond substituents is 1. The van der Waals surface area contributed by atoms with Crippen molar-refractivity contribution in [2.75, 3.05) is 13.2 Å². The first-order valence-electron chi connectivity index (χ1n) is 13.1. The molecule has 41 heavy (non-hydrogen) atoms. The number of nitrogen functional groups attached to an aromatic ring is 1. The van der Waals surface area contributed by atoms with Gasteiger partial charge in [-0.25, -0.2) is 8.42 Å². The Labute approximate surface area is 238 Å². The second kappa shape index (κ2) is 13.3. The van der Waals surface area contributed by atoms with Crippen molar-refractivity contribution >= 4 is 27.7 Å². The Morgan fingerprint density at radius 1 is 1.07 bits per heavy atom. The molecular weight excluding hydrogens is 548 g/mol. The monoisotopic (exact) mass is 580 g/mol. The Kier molecular flexibility index (Phi) is 9.58. The molecule has 4 rings (SSSR count). The maximum absolute atomic E-state index is 13.2. The molecule has 3 aromatic rings. The number of hydrogen-bond donors (Lipinski definition) is 5. The van der Waals surface area contributed by atoms with Crippen LogP contribution in [0.3, 0.4) is 0 Å². The van der Waals surface area contributed by atoms with E-state index < -0.39 is 28.1 Å². The van der Waals surface area contributed by atoms with E-state index in [-0.39, 0.29) is 42.0 Å². The lowest BCUT2D eigenvalue weighted by molar-refractivity contribution is -0.151. The third kappa shape index (κ3) is 8.05. The van der Waals surface area contributed by atoms with Gasteiger partial charge in [0.05, 0.1) is 11.5 Å². The lowest BCUT2D eigenvalue weighted by atomic mass is 10.1. The summed E-state index contributed by atoms with van der Waals surface area (Å²) in [5.41, 5.74) is 7.62. The number of rotatable bonds is 13. The predicted molar refractivity (Wildman–Crippen MR) is 151 cm³/mol.